The minimum atomic E-state index is 0.499. The Morgan fingerprint density at radius 1 is 1.60 bits per heavy atom. The summed E-state index contributed by atoms with van der Waals surface area (Å²) in [6, 6.07) is 0.499. The fraction of sp³-hybridized carbons (Fsp3) is 0.750. The molecule has 2 nitrogen and oxygen atoms in total. The molecular weight excluding hydrogens is 126 g/mol. The van der Waals surface area contributed by atoms with E-state index in [1.54, 1.807) is 0 Å². The van der Waals surface area contributed by atoms with Crippen LogP contribution < -0.4 is 0 Å². The van der Waals surface area contributed by atoms with E-state index in [1.165, 1.54) is 0 Å². The maximum absolute atomic E-state index is 5.31. The number of morpholine rings is 1. The van der Waals surface area contributed by atoms with Crippen LogP contribution in [0, 0.1) is 0 Å². The summed E-state index contributed by atoms with van der Waals surface area (Å²) in [4.78, 5) is 2.31. The fourth-order valence-electron chi connectivity index (χ4n) is 1.13. The van der Waals surface area contributed by atoms with Gasteiger partial charge in [-0.15, -0.1) is 0 Å². The highest BCUT2D eigenvalue weighted by Crippen LogP contribution is 2.04. The summed E-state index contributed by atoms with van der Waals surface area (Å²) in [5.74, 6) is 0. The van der Waals surface area contributed by atoms with Crippen molar-refractivity contribution < 1.29 is 4.74 Å². The third kappa shape index (κ3) is 1.82. The van der Waals surface area contributed by atoms with Gasteiger partial charge in [-0.1, -0.05) is 12.2 Å². The molecule has 58 valence electrons. The highest BCUT2D eigenvalue weighted by molar-refractivity contribution is 4.92. The summed E-state index contributed by atoms with van der Waals surface area (Å²) >= 11 is 0. The van der Waals surface area contributed by atoms with Crippen molar-refractivity contribution in [2.24, 2.45) is 0 Å². The van der Waals surface area contributed by atoms with Gasteiger partial charge >= 0.3 is 0 Å². The fourth-order valence-corrected chi connectivity index (χ4v) is 1.13. The second kappa shape index (κ2) is 3.74. The second-order valence-electron chi connectivity index (χ2n) is 2.65. The molecule has 1 aliphatic rings. The Bertz CT molecular complexity index is 122. The van der Waals surface area contributed by atoms with E-state index in [0.717, 1.165) is 19.8 Å². The van der Waals surface area contributed by atoms with E-state index >= 15 is 0 Å². The maximum atomic E-state index is 5.31. The van der Waals surface area contributed by atoms with Crippen molar-refractivity contribution in [2.75, 3.05) is 26.8 Å². The number of ether oxygens (including phenoxy) is 1. The van der Waals surface area contributed by atoms with Crippen molar-refractivity contribution in [2.45, 2.75) is 13.0 Å². The van der Waals surface area contributed by atoms with Crippen LogP contribution in [0.3, 0.4) is 0 Å². The molecule has 1 heterocycles. The Morgan fingerprint density at radius 3 is 3.00 bits per heavy atom. The lowest BCUT2D eigenvalue weighted by atomic mass is 10.2. The molecule has 0 aromatic heterocycles. The first-order valence-electron chi connectivity index (χ1n) is 3.75. The predicted molar refractivity (Wildman–Crippen MR) is 42.1 cm³/mol. The zero-order chi connectivity index (χ0) is 7.40. The summed E-state index contributed by atoms with van der Waals surface area (Å²) in [5.41, 5.74) is 0. The monoisotopic (exact) mass is 141 g/mol. The largest absolute Gasteiger partial charge is 0.378 e. The highest BCUT2D eigenvalue weighted by Gasteiger charge is 2.15. The van der Waals surface area contributed by atoms with Crippen LogP contribution in [0.25, 0.3) is 0 Å². The van der Waals surface area contributed by atoms with Gasteiger partial charge in [-0.3, -0.25) is 4.90 Å². The third-order valence-electron chi connectivity index (χ3n) is 1.86. The predicted octanol–water partition coefficient (Wildman–Crippen LogP) is 0.893. The van der Waals surface area contributed by atoms with Gasteiger partial charge in [0.25, 0.3) is 0 Å². The molecule has 0 N–H and O–H groups in total. The first-order valence-corrected chi connectivity index (χ1v) is 3.75. The van der Waals surface area contributed by atoms with Gasteiger partial charge in [0, 0.05) is 6.54 Å². The summed E-state index contributed by atoms with van der Waals surface area (Å²) in [7, 11) is 2.13. The topological polar surface area (TPSA) is 12.5 Å². The Kier molecular flexibility index (Phi) is 2.90. The van der Waals surface area contributed by atoms with Gasteiger partial charge in [0.05, 0.1) is 19.3 Å². The lowest BCUT2D eigenvalue weighted by Gasteiger charge is -2.29. The molecule has 0 aromatic carbocycles. The highest BCUT2D eigenvalue weighted by atomic mass is 16.5. The van der Waals surface area contributed by atoms with Crippen molar-refractivity contribution in [3.63, 3.8) is 0 Å². The molecule has 1 atom stereocenters. The molecule has 0 spiro atoms. The molecule has 0 aromatic rings. The van der Waals surface area contributed by atoms with E-state index in [9.17, 15) is 0 Å². The van der Waals surface area contributed by atoms with Crippen LogP contribution in [0.2, 0.25) is 0 Å². The zero-order valence-electron chi connectivity index (χ0n) is 6.71. The van der Waals surface area contributed by atoms with Crippen LogP contribution in [0.5, 0.6) is 0 Å². The van der Waals surface area contributed by atoms with E-state index in [1.807, 2.05) is 6.92 Å². The number of hydrogen-bond acceptors (Lipinski definition) is 2. The van der Waals surface area contributed by atoms with Crippen molar-refractivity contribution in [3.8, 4) is 0 Å². The van der Waals surface area contributed by atoms with Gasteiger partial charge in [0.1, 0.15) is 0 Å². The molecule has 0 bridgehead atoms. The van der Waals surface area contributed by atoms with Crippen molar-refractivity contribution >= 4 is 0 Å². The number of allylic oxidation sites excluding steroid dienone is 1. The molecule has 1 fully saturated rings. The summed E-state index contributed by atoms with van der Waals surface area (Å²) < 4.78 is 5.31. The van der Waals surface area contributed by atoms with E-state index in [4.69, 9.17) is 4.74 Å². The minimum Gasteiger partial charge on any atom is -0.378 e. The van der Waals surface area contributed by atoms with Crippen LogP contribution in [0.1, 0.15) is 6.92 Å². The van der Waals surface area contributed by atoms with Crippen LogP contribution in [-0.2, 0) is 4.74 Å². The lowest BCUT2D eigenvalue weighted by molar-refractivity contribution is 0.0233. The Labute approximate surface area is 62.5 Å². The van der Waals surface area contributed by atoms with Gasteiger partial charge < -0.3 is 4.74 Å². The lowest BCUT2D eigenvalue weighted by Crippen LogP contribution is -2.41. The standard InChI is InChI=1S/C8H15NO/c1-3-4-8-7-10-6-5-9(8)2/h3-4,8H,5-7H2,1-2H3/b4-3-. The van der Waals surface area contributed by atoms with Crippen LogP contribution in [0.15, 0.2) is 12.2 Å². The van der Waals surface area contributed by atoms with Crippen LogP contribution in [0.4, 0.5) is 0 Å². The van der Waals surface area contributed by atoms with Crippen molar-refractivity contribution in [1.82, 2.24) is 4.90 Å². The third-order valence-corrected chi connectivity index (χ3v) is 1.86. The average Bonchev–Trinajstić information content (AvgIpc) is 1.94. The van der Waals surface area contributed by atoms with Crippen molar-refractivity contribution in [1.29, 1.82) is 0 Å². The normalized spacial score (nSPS) is 29.6. The molecule has 0 aliphatic carbocycles. The van der Waals surface area contributed by atoms with Crippen LogP contribution >= 0.6 is 0 Å². The molecule has 1 unspecified atom stereocenters. The molecule has 1 saturated heterocycles. The average molecular weight is 141 g/mol. The number of rotatable bonds is 1. The molecule has 1 aliphatic heterocycles. The summed E-state index contributed by atoms with van der Waals surface area (Å²) in [5, 5.41) is 0. The molecule has 1 rings (SSSR count). The molecule has 10 heavy (non-hydrogen) atoms. The quantitative estimate of drug-likeness (QED) is 0.503. The smallest absolute Gasteiger partial charge is 0.0658 e. The van der Waals surface area contributed by atoms with E-state index in [0.29, 0.717) is 6.04 Å². The van der Waals surface area contributed by atoms with Gasteiger partial charge in [0.15, 0.2) is 0 Å². The molecule has 0 amide bonds. The van der Waals surface area contributed by atoms with Crippen molar-refractivity contribution in [3.05, 3.63) is 12.2 Å². The Balaban J connectivity index is 2.39. The molecule has 0 saturated carbocycles. The van der Waals surface area contributed by atoms with E-state index < -0.39 is 0 Å². The molecule has 2 heteroatoms. The van der Waals surface area contributed by atoms with Gasteiger partial charge in [-0.05, 0) is 14.0 Å². The van der Waals surface area contributed by atoms with Crippen LogP contribution in [-0.4, -0.2) is 37.7 Å². The van der Waals surface area contributed by atoms with Gasteiger partial charge in [0.2, 0.25) is 0 Å². The second-order valence-corrected chi connectivity index (χ2v) is 2.65. The minimum absolute atomic E-state index is 0.499. The number of hydrogen-bond donors (Lipinski definition) is 0. The Hall–Kier alpha value is -0.340. The summed E-state index contributed by atoms with van der Waals surface area (Å²) in [6.45, 7) is 4.82. The van der Waals surface area contributed by atoms with Gasteiger partial charge in [-0.2, -0.15) is 0 Å². The molecular formula is C8H15NO. The van der Waals surface area contributed by atoms with E-state index in [-0.39, 0.29) is 0 Å². The first kappa shape index (κ1) is 7.76. The van der Waals surface area contributed by atoms with Gasteiger partial charge in [-0.25, -0.2) is 0 Å². The first-order chi connectivity index (χ1) is 4.84. The number of nitrogens with zero attached hydrogens (tertiary/aromatic N) is 1. The maximum Gasteiger partial charge on any atom is 0.0658 e. The summed E-state index contributed by atoms with van der Waals surface area (Å²) in [6.07, 6.45) is 4.26. The zero-order valence-corrected chi connectivity index (χ0v) is 6.71. The SMILES string of the molecule is C/C=C\C1COCCN1C. The van der Waals surface area contributed by atoms with E-state index in [2.05, 4.69) is 24.1 Å². The Morgan fingerprint density at radius 2 is 2.40 bits per heavy atom. The molecule has 0 radical (unpaired) electrons. The number of likely N-dealkylation sites (N-methyl/N-ethyl adjacent to an activating group) is 1.